The van der Waals surface area contributed by atoms with Crippen LogP contribution in [0.25, 0.3) is 0 Å². The third-order valence-electron chi connectivity index (χ3n) is 7.65. The molecule has 3 rings (SSSR count). The predicted octanol–water partition coefficient (Wildman–Crippen LogP) is 4.76. The highest BCUT2D eigenvalue weighted by Crippen LogP contribution is 2.38. The first kappa shape index (κ1) is 30.7. The van der Waals surface area contributed by atoms with Crippen LogP contribution in [0.15, 0.2) is 42.5 Å². The number of halogens is 2. The molecule has 0 heterocycles. The molecule has 0 saturated heterocycles. The maximum absolute atomic E-state index is 13.9. The molecular weight excluding hydrogens is 500 g/mol. The van der Waals surface area contributed by atoms with Crippen LogP contribution in [0, 0.1) is 11.6 Å². The van der Waals surface area contributed by atoms with E-state index >= 15 is 0 Å². The standard InChI is InChI=1S/C31H43F2N3O3/c1-30(2,3)22-9-7-10-23(18-22)31(13-5-4-6-14-31)35-20-27(37)26(36-29(39)12-8-11-28(34)38)17-21-15-24(32)19-25(33)16-21/h7,9-10,15-16,18-19,26-27,35,37H,4-6,8,11-14,17,20H2,1-3H3,(H2,34,38)(H,36,39). The summed E-state index contributed by atoms with van der Waals surface area (Å²) in [5.74, 6) is -2.29. The fraction of sp³-hybridized carbons (Fsp3) is 0.548. The molecule has 8 heteroatoms. The average molecular weight is 544 g/mol. The third-order valence-corrected chi connectivity index (χ3v) is 7.65. The maximum atomic E-state index is 13.9. The van der Waals surface area contributed by atoms with E-state index in [1.807, 2.05) is 0 Å². The molecule has 2 unspecified atom stereocenters. The number of hydrogen-bond acceptors (Lipinski definition) is 4. The summed E-state index contributed by atoms with van der Waals surface area (Å²) in [5.41, 5.74) is 7.60. The van der Waals surface area contributed by atoms with Gasteiger partial charge in [-0.2, -0.15) is 0 Å². The Hall–Kier alpha value is -2.84. The number of nitrogens with one attached hydrogen (secondary N) is 2. The van der Waals surface area contributed by atoms with E-state index in [2.05, 4.69) is 55.7 Å². The summed E-state index contributed by atoms with van der Waals surface area (Å²) in [6, 6.07) is 11.0. The largest absolute Gasteiger partial charge is 0.390 e. The van der Waals surface area contributed by atoms with Gasteiger partial charge in [-0.1, -0.05) is 64.3 Å². The van der Waals surface area contributed by atoms with Gasteiger partial charge in [0, 0.05) is 31.0 Å². The molecule has 2 amide bonds. The second-order valence-electron chi connectivity index (χ2n) is 11.9. The Labute approximate surface area is 230 Å². The summed E-state index contributed by atoms with van der Waals surface area (Å²) < 4.78 is 27.8. The molecular formula is C31H43F2N3O3. The van der Waals surface area contributed by atoms with Gasteiger partial charge in [0.05, 0.1) is 12.1 Å². The molecule has 0 aromatic heterocycles. The van der Waals surface area contributed by atoms with Crippen LogP contribution in [0.3, 0.4) is 0 Å². The van der Waals surface area contributed by atoms with Gasteiger partial charge in [0.2, 0.25) is 11.8 Å². The van der Waals surface area contributed by atoms with Crippen molar-refractivity contribution in [1.29, 1.82) is 0 Å². The highest BCUT2D eigenvalue weighted by atomic mass is 19.1. The van der Waals surface area contributed by atoms with E-state index < -0.39 is 29.7 Å². The van der Waals surface area contributed by atoms with Crippen LogP contribution < -0.4 is 16.4 Å². The second kappa shape index (κ2) is 13.5. The zero-order valence-electron chi connectivity index (χ0n) is 23.4. The normalized spacial score (nSPS) is 16.9. The third kappa shape index (κ3) is 9.11. The molecule has 0 aliphatic heterocycles. The molecule has 6 nitrogen and oxygen atoms in total. The number of benzene rings is 2. The van der Waals surface area contributed by atoms with Gasteiger partial charge in [-0.05, 0) is 59.9 Å². The molecule has 0 radical (unpaired) electrons. The first-order valence-electron chi connectivity index (χ1n) is 13.9. The van der Waals surface area contributed by atoms with E-state index in [0.29, 0.717) is 5.56 Å². The molecule has 0 bridgehead atoms. The first-order valence-corrected chi connectivity index (χ1v) is 13.9. The van der Waals surface area contributed by atoms with Gasteiger partial charge in [0.15, 0.2) is 0 Å². The molecule has 2 aromatic carbocycles. The van der Waals surface area contributed by atoms with Gasteiger partial charge in [0.1, 0.15) is 11.6 Å². The van der Waals surface area contributed by atoms with Crippen LogP contribution in [-0.4, -0.2) is 35.6 Å². The van der Waals surface area contributed by atoms with Crippen molar-refractivity contribution in [3.8, 4) is 0 Å². The van der Waals surface area contributed by atoms with Crippen molar-refractivity contribution in [2.75, 3.05) is 6.54 Å². The molecule has 1 aliphatic rings. The number of nitrogens with two attached hydrogens (primary N) is 1. The zero-order valence-corrected chi connectivity index (χ0v) is 23.4. The van der Waals surface area contributed by atoms with E-state index in [4.69, 9.17) is 5.73 Å². The van der Waals surface area contributed by atoms with Crippen LogP contribution in [-0.2, 0) is 27.0 Å². The minimum atomic E-state index is -1.03. The monoisotopic (exact) mass is 543 g/mol. The Morgan fingerprint density at radius 2 is 1.69 bits per heavy atom. The van der Waals surface area contributed by atoms with Crippen LogP contribution in [0.5, 0.6) is 0 Å². The smallest absolute Gasteiger partial charge is 0.220 e. The van der Waals surface area contributed by atoms with Crippen molar-refractivity contribution in [1.82, 2.24) is 10.6 Å². The van der Waals surface area contributed by atoms with E-state index in [1.54, 1.807) is 0 Å². The molecule has 2 aromatic rings. The number of carbonyl (C=O) groups is 2. The van der Waals surface area contributed by atoms with Crippen molar-refractivity contribution in [3.05, 3.63) is 70.8 Å². The Bertz CT molecular complexity index is 1110. The summed E-state index contributed by atoms with van der Waals surface area (Å²) in [4.78, 5) is 23.7. The minimum absolute atomic E-state index is 0.00446. The molecule has 214 valence electrons. The number of aliphatic hydroxyl groups excluding tert-OH is 1. The van der Waals surface area contributed by atoms with Crippen molar-refractivity contribution in [2.45, 2.75) is 102 Å². The van der Waals surface area contributed by atoms with E-state index in [1.165, 1.54) is 23.3 Å². The van der Waals surface area contributed by atoms with Gasteiger partial charge in [-0.15, -0.1) is 0 Å². The number of amides is 2. The zero-order chi connectivity index (χ0) is 28.6. The van der Waals surface area contributed by atoms with Crippen LogP contribution in [0.2, 0.25) is 0 Å². The Morgan fingerprint density at radius 1 is 1.03 bits per heavy atom. The average Bonchev–Trinajstić information content (AvgIpc) is 2.86. The fourth-order valence-corrected chi connectivity index (χ4v) is 5.42. The van der Waals surface area contributed by atoms with Gasteiger partial charge < -0.3 is 21.5 Å². The van der Waals surface area contributed by atoms with Crippen LogP contribution in [0.4, 0.5) is 8.78 Å². The van der Waals surface area contributed by atoms with Crippen molar-refractivity contribution in [2.24, 2.45) is 5.73 Å². The topological polar surface area (TPSA) is 104 Å². The SMILES string of the molecule is CC(C)(C)c1cccc(C2(NCC(O)C(Cc3cc(F)cc(F)c3)NC(=O)CCCC(N)=O)CCCCC2)c1. The molecule has 1 fully saturated rings. The highest BCUT2D eigenvalue weighted by Gasteiger charge is 2.35. The fourth-order valence-electron chi connectivity index (χ4n) is 5.42. The highest BCUT2D eigenvalue weighted by molar-refractivity contribution is 5.78. The van der Waals surface area contributed by atoms with Crippen LogP contribution in [0.1, 0.15) is 88.8 Å². The molecule has 2 atom stereocenters. The van der Waals surface area contributed by atoms with Gasteiger partial charge in [-0.3, -0.25) is 9.59 Å². The van der Waals surface area contributed by atoms with E-state index in [0.717, 1.165) is 38.2 Å². The Kier molecular flexibility index (Phi) is 10.6. The van der Waals surface area contributed by atoms with E-state index in [-0.39, 0.29) is 49.1 Å². The second-order valence-corrected chi connectivity index (χ2v) is 11.9. The summed E-state index contributed by atoms with van der Waals surface area (Å²) in [6.07, 6.45) is 4.56. The Morgan fingerprint density at radius 3 is 2.31 bits per heavy atom. The summed E-state index contributed by atoms with van der Waals surface area (Å²) >= 11 is 0. The predicted molar refractivity (Wildman–Crippen MR) is 149 cm³/mol. The number of aliphatic hydroxyl groups is 1. The van der Waals surface area contributed by atoms with Crippen LogP contribution >= 0.6 is 0 Å². The van der Waals surface area contributed by atoms with Crippen molar-refractivity contribution >= 4 is 11.8 Å². The first-order chi connectivity index (χ1) is 18.4. The van der Waals surface area contributed by atoms with Gasteiger partial charge >= 0.3 is 0 Å². The molecule has 1 saturated carbocycles. The van der Waals surface area contributed by atoms with Crippen molar-refractivity contribution < 1.29 is 23.5 Å². The van der Waals surface area contributed by atoms with Gasteiger partial charge in [0.25, 0.3) is 0 Å². The lowest BCUT2D eigenvalue weighted by Gasteiger charge is -2.41. The molecule has 39 heavy (non-hydrogen) atoms. The van der Waals surface area contributed by atoms with E-state index in [9.17, 15) is 23.5 Å². The lowest BCUT2D eigenvalue weighted by Crippen LogP contribution is -2.53. The summed E-state index contributed by atoms with van der Waals surface area (Å²) in [7, 11) is 0. The number of hydrogen-bond donors (Lipinski definition) is 4. The number of rotatable bonds is 12. The summed E-state index contributed by atoms with van der Waals surface area (Å²) in [5, 5.41) is 17.8. The molecule has 5 N–H and O–H groups in total. The lowest BCUT2D eigenvalue weighted by atomic mass is 9.74. The molecule has 1 aliphatic carbocycles. The number of primary amides is 1. The van der Waals surface area contributed by atoms with Gasteiger partial charge in [-0.25, -0.2) is 8.78 Å². The Balaban J connectivity index is 1.80. The maximum Gasteiger partial charge on any atom is 0.220 e. The molecule has 0 spiro atoms. The number of carbonyl (C=O) groups excluding carboxylic acids is 2. The quantitative estimate of drug-likeness (QED) is 0.310. The van der Waals surface area contributed by atoms with Crippen molar-refractivity contribution in [3.63, 3.8) is 0 Å². The summed E-state index contributed by atoms with van der Waals surface area (Å²) in [6.45, 7) is 6.73. The lowest BCUT2D eigenvalue weighted by molar-refractivity contribution is -0.123. The minimum Gasteiger partial charge on any atom is -0.390 e.